The number of aromatic nitrogens is 2. The predicted molar refractivity (Wildman–Crippen MR) is 99.4 cm³/mol. The van der Waals surface area contributed by atoms with Crippen LogP contribution in [0, 0.1) is 11.8 Å². The van der Waals surface area contributed by atoms with Gasteiger partial charge in [0, 0.05) is 18.6 Å². The van der Waals surface area contributed by atoms with E-state index in [1.807, 2.05) is 30.6 Å². The summed E-state index contributed by atoms with van der Waals surface area (Å²) in [5, 5.41) is 0. The fourth-order valence-corrected chi connectivity index (χ4v) is 2.20. The molecular formula is C20H31N3. The molecule has 2 rings (SSSR count). The molecule has 0 fully saturated rings. The maximum absolute atomic E-state index is 5.75. The van der Waals surface area contributed by atoms with Crippen LogP contribution in [-0.4, -0.2) is 9.97 Å². The van der Waals surface area contributed by atoms with Gasteiger partial charge in [0.05, 0.1) is 0 Å². The standard InChI is InChI=1S/C10H16N2.C10H15N/c1-7(2)8(3)9-5-4-6-12-10(9)11;1-8(2)9(3)10-5-4-6-11-7-10/h4-8H,1-3H3,(H2,11,12);4-9H,1-3H3. The van der Waals surface area contributed by atoms with Gasteiger partial charge in [0.2, 0.25) is 0 Å². The van der Waals surface area contributed by atoms with Crippen molar-refractivity contribution in [2.24, 2.45) is 11.8 Å². The van der Waals surface area contributed by atoms with Crippen LogP contribution >= 0.6 is 0 Å². The van der Waals surface area contributed by atoms with E-state index in [1.54, 1.807) is 6.20 Å². The maximum Gasteiger partial charge on any atom is 0.126 e. The summed E-state index contributed by atoms with van der Waals surface area (Å²) in [4.78, 5) is 8.15. The molecule has 2 aromatic heterocycles. The molecule has 0 spiro atoms. The highest BCUT2D eigenvalue weighted by Crippen LogP contribution is 2.26. The average Bonchev–Trinajstić information content (AvgIpc) is 2.55. The molecule has 23 heavy (non-hydrogen) atoms. The minimum atomic E-state index is 0.485. The molecule has 0 radical (unpaired) electrons. The lowest BCUT2D eigenvalue weighted by Gasteiger charge is -2.16. The van der Waals surface area contributed by atoms with Gasteiger partial charge in [0.1, 0.15) is 5.82 Å². The van der Waals surface area contributed by atoms with Crippen molar-refractivity contribution in [3.8, 4) is 0 Å². The number of nitrogens with zero attached hydrogens (tertiary/aromatic N) is 2. The molecule has 3 nitrogen and oxygen atoms in total. The van der Waals surface area contributed by atoms with E-state index in [0.717, 1.165) is 5.56 Å². The third kappa shape index (κ3) is 6.01. The highest BCUT2D eigenvalue weighted by Gasteiger charge is 2.12. The zero-order valence-electron chi connectivity index (χ0n) is 15.3. The summed E-state index contributed by atoms with van der Waals surface area (Å²) in [5.41, 5.74) is 8.24. The molecule has 0 saturated heterocycles. The van der Waals surface area contributed by atoms with E-state index in [-0.39, 0.29) is 0 Å². The second-order valence-corrected chi connectivity index (χ2v) is 6.83. The van der Waals surface area contributed by atoms with Crippen molar-refractivity contribution in [3.63, 3.8) is 0 Å². The van der Waals surface area contributed by atoms with Gasteiger partial charge in [-0.1, -0.05) is 53.7 Å². The number of nitrogen functional groups attached to an aromatic ring is 1. The van der Waals surface area contributed by atoms with E-state index in [1.165, 1.54) is 5.56 Å². The number of anilines is 1. The summed E-state index contributed by atoms with van der Waals surface area (Å²) in [6.07, 6.45) is 5.49. The zero-order chi connectivity index (χ0) is 17.4. The van der Waals surface area contributed by atoms with Crippen LogP contribution in [-0.2, 0) is 0 Å². The van der Waals surface area contributed by atoms with Gasteiger partial charge in [-0.15, -0.1) is 0 Å². The van der Waals surface area contributed by atoms with Gasteiger partial charge in [0.15, 0.2) is 0 Å². The first-order valence-electron chi connectivity index (χ1n) is 8.44. The molecule has 0 aromatic carbocycles. The van der Waals surface area contributed by atoms with Crippen LogP contribution in [0.25, 0.3) is 0 Å². The van der Waals surface area contributed by atoms with Gasteiger partial charge in [-0.3, -0.25) is 4.98 Å². The topological polar surface area (TPSA) is 51.8 Å². The molecule has 0 aliphatic rings. The molecule has 0 amide bonds. The quantitative estimate of drug-likeness (QED) is 0.837. The van der Waals surface area contributed by atoms with Gasteiger partial charge >= 0.3 is 0 Å². The normalized spacial score (nSPS) is 13.4. The highest BCUT2D eigenvalue weighted by molar-refractivity contribution is 5.40. The predicted octanol–water partition coefficient (Wildman–Crippen LogP) is 5.26. The van der Waals surface area contributed by atoms with Crippen LogP contribution in [0.5, 0.6) is 0 Å². The van der Waals surface area contributed by atoms with Crippen molar-refractivity contribution in [1.82, 2.24) is 9.97 Å². The Morgan fingerprint density at radius 1 is 0.826 bits per heavy atom. The second-order valence-electron chi connectivity index (χ2n) is 6.83. The summed E-state index contributed by atoms with van der Waals surface area (Å²) in [6.45, 7) is 13.3. The summed E-state index contributed by atoms with van der Waals surface area (Å²) >= 11 is 0. The van der Waals surface area contributed by atoms with E-state index in [4.69, 9.17) is 5.73 Å². The third-order valence-electron chi connectivity index (χ3n) is 4.57. The van der Waals surface area contributed by atoms with Gasteiger partial charge in [-0.25, -0.2) is 4.98 Å². The molecule has 0 bridgehead atoms. The van der Waals surface area contributed by atoms with E-state index in [2.05, 4.69) is 57.6 Å². The number of hydrogen-bond acceptors (Lipinski definition) is 3. The molecule has 2 unspecified atom stereocenters. The fraction of sp³-hybridized carbons (Fsp3) is 0.500. The Morgan fingerprint density at radius 2 is 1.43 bits per heavy atom. The molecule has 2 heterocycles. The van der Waals surface area contributed by atoms with Crippen LogP contribution in [0.1, 0.15) is 64.5 Å². The van der Waals surface area contributed by atoms with Gasteiger partial charge in [0.25, 0.3) is 0 Å². The van der Waals surface area contributed by atoms with Crippen molar-refractivity contribution in [2.45, 2.75) is 53.4 Å². The monoisotopic (exact) mass is 313 g/mol. The van der Waals surface area contributed by atoms with E-state index in [0.29, 0.717) is 29.5 Å². The SMILES string of the molecule is CC(C)C(C)c1cccnc1.CC(C)C(C)c1cccnc1N. The molecular weight excluding hydrogens is 282 g/mol. The molecule has 0 saturated carbocycles. The summed E-state index contributed by atoms with van der Waals surface area (Å²) in [6, 6.07) is 8.11. The minimum absolute atomic E-state index is 0.485. The van der Waals surface area contributed by atoms with E-state index in [9.17, 15) is 0 Å². The second kappa shape index (κ2) is 9.29. The van der Waals surface area contributed by atoms with Gasteiger partial charge in [-0.2, -0.15) is 0 Å². The van der Waals surface area contributed by atoms with Crippen LogP contribution < -0.4 is 5.73 Å². The van der Waals surface area contributed by atoms with Crippen molar-refractivity contribution in [3.05, 3.63) is 54.0 Å². The van der Waals surface area contributed by atoms with E-state index < -0.39 is 0 Å². The van der Waals surface area contributed by atoms with E-state index >= 15 is 0 Å². The first-order valence-corrected chi connectivity index (χ1v) is 8.44. The largest absolute Gasteiger partial charge is 0.383 e. The Bertz CT molecular complexity index is 564. The van der Waals surface area contributed by atoms with Crippen LogP contribution in [0.3, 0.4) is 0 Å². The lowest BCUT2D eigenvalue weighted by Crippen LogP contribution is -2.06. The first kappa shape index (κ1) is 19.1. The van der Waals surface area contributed by atoms with Gasteiger partial charge < -0.3 is 5.73 Å². The Balaban J connectivity index is 0.000000231. The van der Waals surface area contributed by atoms with Gasteiger partial charge in [-0.05, 0) is 46.9 Å². The molecule has 2 atom stereocenters. The zero-order valence-corrected chi connectivity index (χ0v) is 15.3. The fourth-order valence-electron chi connectivity index (χ4n) is 2.20. The Hall–Kier alpha value is -1.90. The summed E-state index contributed by atoms with van der Waals surface area (Å²) in [5.74, 6) is 3.07. The number of nitrogens with two attached hydrogens (primary N) is 1. The smallest absolute Gasteiger partial charge is 0.126 e. The molecule has 0 aliphatic carbocycles. The van der Waals surface area contributed by atoms with Crippen molar-refractivity contribution >= 4 is 5.82 Å². The lowest BCUT2D eigenvalue weighted by atomic mass is 9.91. The summed E-state index contributed by atoms with van der Waals surface area (Å²) < 4.78 is 0. The third-order valence-corrected chi connectivity index (χ3v) is 4.57. The average molecular weight is 313 g/mol. The Morgan fingerprint density at radius 3 is 1.91 bits per heavy atom. The lowest BCUT2D eigenvalue weighted by molar-refractivity contribution is 0.534. The van der Waals surface area contributed by atoms with Crippen LogP contribution in [0.4, 0.5) is 5.82 Å². The minimum Gasteiger partial charge on any atom is -0.383 e. The van der Waals surface area contributed by atoms with Crippen molar-refractivity contribution in [2.75, 3.05) is 5.73 Å². The summed E-state index contributed by atoms with van der Waals surface area (Å²) in [7, 11) is 0. The first-order chi connectivity index (χ1) is 10.8. The number of hydrogen-bond donors (Lipinski definition) is 1. The molecule has 2 aromatic rings. The molecule has 126 valence electrons. The number of rotatable bonds is 4. The molecule has 0 aliphatic heterocycles. The van der Waals surface area contributed by atoms with Crippen LogP contribution in [0.2, 0.25) is 0 Å². The van der Waals surface area contributed by atoms with Crippen molar-refractivity contribution < 1.29 is 0 Å². The van der Waals surface area contributed by atoms with Crippen molar-refractivity contribution in [1.29, 1.82) is 0 Å². The Kier molecular flexibility index (Phi) is 7.73. The number of pyridine rings is 2. The Labute approximate surface area is 141 Å². The highest BCUT2D eigenvalue weighted by atomic mass is 14.8. The molecule has 2 N–H and O–H groups in total. The maximum atomic E-state index is 5.75. The van der Waals surface area contributed by atoms with Crippen LogP contribution in [0.15, 0.2) is 42.9 Å². The molecule has 3 heteroatoms.